The summed E-state index contributed by atoms with van der Waals surface area (Å²) >= 11 is 1.87. The molecule has 28 heavy (non-hydrogen) atoms. The molecule has 2 aromatic rings. The SMILES string of the molecule is CC(CN1c2ccccc2Sc2ccccc21)N(C)C.O=C(O)C=CC(=O)O. The van der Waals surface area contributed by atoms with Crippen LogP contribution in [0.3, 0.4) is 0 Å². The molecule has 3 rings (SSSR count). The zero-order chi connectivity index (χ0) is 20.7. The number of carbonyl (C=O) groups is 2. The molecule has 1 unspecified atom stereocenters. The molecule has 0 fully saturated rings. The van der Waals surface area contributed by atoms with Crippen LogP contribution in [0.15, 0.2) is 70.5 Å². The van der Waals surface area contributed by atoms with E-state index < -0.39 is 11.9 Å². The minimum atomic E-state index is -1.26. The lowest BCUT2D eigenvalue weighted by molar-refractivity contribution is -0.134. The number of fused-ring (bicyclic) bond motifs is 2. The molecule has 0 bridgehead atoms. The lowest BCUT2D eigenvalue weighted by Gasteiger charge is -2.36. The van der Waals surface area contributed by atoms with E-state index in [4.69, 9.17) is 10.2 Å². The first-order chi connectivity index (χ1) is 13.3. The Balaban J connectivity index is 0.000000300. The molecule has 6 nitrogen and oxygen atoms in total. The Morgan fingerprint density at radius 1 is 0.964 bits per heavy atom. The van der Waals surface area contributed by atoms with Gasteiger partial charge < -0.3 is 20.0 Å². The van der Waals surface area contributed by atoms with Crippen LogP contribution >= 0.6 is 11.8 Å². The second-order valence-electron chi connectivity index (χ2n) is 6.47. The van der Waals surface area contributed by atoms with E-state index in [0.29, 0.717) is 18.2 Å². The van der Waals surface area contributed by atoms with Gasteiger partial charge in [-0.2, -0.15) is 0 Å². The molecule has 0 saturated heterocycles. The Bertz CT molecular complexity index is 805. The normalized spacial score (nSPS) is 13.4. The van der Waals surface area contributed by atoms with Gasteiger partial charge in [0.1, 0.15) is 0 Å². The van der Waals surface area contributed by atoms with Crippen molar-refractivity contribution in [3.05, 3.63) is 60.7 Å². The first kappa shape index (κ1) is 21.5. The predicted octanol–water partition coefficient (Wildman–Crippen LogP) is 3.95. The monoisotopic (exact) mass is 400 g/mol. The van der Waals surface area contributed by atoms with Gasteiger partial charge in [0, 0.05) is 34.5 Å². The molecule has 0 spiro atoms. The molecule has 148 valence electrons. The van der Waals surface area contributed by atoms with Crippen molar-refractivity contribution in [2.24, 2.45) is 0 Å². The van der Waals surface area contributed by atoms with Crippen molar-refractivity contribution in [1.29, 1.82) is 0 Å². The topological polar surface area (TPSA) is 81.1 Å². The average Bonchev–Trinajstić information content (AvgIpc) is 2.66. The Kier molecular flexibility index (Phi) is 7.66. The summed E-state index contributed by atoms with van der Waals surface area (Å²) in [7, 11) is 4.28. The molecule has 0 saturated carbocycles. The van der Waals surface area contributed by atoms with Crippen LogP contribution in [0.2, 0.25) is 0 Å². The molecule has 0 amide bonds. The first-order valence-electron chi connectivity index (χ1n) is 8.73. The Morgan fingerprint density at radius 2 is 1.39 bits per heavy atom. The lowest BCUT2D eigenvalue weighted by atomic mass is 10.2. The molecule has 1 aliphatic heterocycles. The van der Waals surface area contributed by atoms with E-state index >= 15 is 0 Å². The summed E-state index contributed by atoms with van der Waals surface area (Å²) in [5.41, 5.74) is 2.65. The molecule has 0 radical (unpaired) electrons. The van der Waals surface area contributed by atoms with Gasteiger partial charge in [0.15, 0.2) is 0 Å². The molecular weight excluding hydrogens is 376 g/mol. The second kappa shape index (κ2) is 9.96. The van der Waals surface area contributed by atoms with E-state index in [0.717, 1.165) is 6.54 Å². The van der Waals surface area contributed by atoms with Crippen molar-refractivity contribution in [1.82, 2.24) is 4.90 Å². The minimum absolute atomic E-state index is 0.499. The number of nitrogens with zero attached hydrogens (tertiary/aromatic N) is 2. The second-order valence-corrected chi connectivity index (χ2v) is 7.55. The largest absolute Gasteiger partial charge is 0.478 e. The van der Waals surface area contributed by atoms with Gasteiger partial charge in [-0.05, 0) is 45.3 Å². The smallest absolute Gasteiger partial charge is 0.328 e. The third-order valence-electron chi connectivity index (χ3n) is 4.23. The lowest BCUT2D eigenvalue weighted by Crippen LogP contribution is -2.37. The zero-order valence-electron chi connectivity index (χ0n) is 16.1. The highest BCUT2D eigenvalue weighted by Crippen LogP contribution is 2.47. The minimum Gasteiger partial charge on any atom is -0.478 e. The highest BCUT2D eigenvalue weighted by atomic mass is 32.2. The van der Waals surface area contributed by atoms with Crippen LogP contribution in [0.4, 0.5) is 11.4 Å². The summed E-state index contributed by atoms with van der Waals surface area (Å²) in [6, 6.07) is 17.9. The van der Waals surface area contributed by atoms with E-state index in [1.807, 2.05) is 11.8 Å². The fourth-order valence-electron chi connectivity index (χ4n) is 2.55. The summed E-state index contributed by atoms with van der Waals surface area (Å²) in [5.74, 6) is -2.51. The van der Waals surface area contributed by atoms with Crippen LogP contribution in [0.5, 0.6) is 0 Å². The van der Waals surface area contributed by atoms with Gasteiger partial charge in [-0.3, -0.25) is 0 Å². The van der Waals surface area contributed by atoms with Gasteiger partial charge in [0.2, 0.25) is 0 Å². The summed E-state index contributed by atoms with van der Waals surface area (Å²) in [6.45, 7) is 3.27. The highest BCUT2D eigenvalue weighted by molar-refractivity contribution is 7.99. The predicted molar refractivity (Wildman–Crippen MR) is 112 cm³/mol. The Labute approximate surface area is 169 Å². The van der Waals surface area contributed by atoms with E-state index in [1.165, 1.54) is 21.2 Å². The van der Waals surface area contributed by atoms with E-state index in [9.17, 15) is 9.59 Å². The third kappa shape index (κ3) is 5.87. The standard InChI is InChI=1S/C17H20N2S.C4H4O4/c1-13(18(2)3)12-19-14-8-4-6-10-16(14)20-17-11-7-5-9-15(17)19;5-3(6)1-2-4(7)8/h4-11,13H,12H2,1-3H3;1-2H,(H,5,6)(H,7,8). The summed E-state index contributed by atoms with van der Waals surface area (Å²) in [5, 5.41) is 15.6. The summed E-state index contributed by atoms with van der Waals surface area (Å²) in [4.78, 5) is 26.5. The van der Waals surface area contributed by atoms with Crippen LogP contribution in [0.25, 0.3) is 0 Å². The van der Waals surface area contributed by atoms with E-state index in [-0.39, 0.29) is 0 Å². The van der Waals surface area contributed by atoms with Crippen molar-refractivity contribution in [2.45, 2.75) is 22.8 Å². The molecule has 1 heterocycles. The molecule has 0 aromatic heterocycles. The maximum Gasteiger partial charge on any atom is 0.328 e. The maximum atomic E-state index is 9.55. The van der Waals surface area contributed by atoms with Gasteiger partial charge in [0.25, 0.3) is 0 Å². The van der Waals surface area contributed by atoms with Crippen molar-refractivity contribution in [3.8, 4) is 0 Å². The third-order valence-corrected chi connectivity index (χ3v) is 5.36. The number of carboxylic acid groups (broad SMARTS) is 2. The number of rotatable bonds is 5. The van der Waals surface area contributed by atoms with Gasteiger partial charge in [-0.1, -0.05) is 36.0 Å². The number of hydrogen-bond donors (Lipinski definition) is 2. The van der Waals surface area contributed by atoms with Crippen LogP contribution in [0.1, 0.15) is 6.92 Å². The Hall–Kier alpha value is -2.77. The highest BCUT2D eigenvalue weighted by Gasteiger charge is 2.24. The fourth-order valence-corrected chi connectivity index (χ4v) is 3.64. The average molecular weight is 401 g/mol. The molecule has 7 heteroatoms. The Morgan fingerprint density at radius 3 is 1.79 bits per heavy atom. The molecule has 0 aliphatic carbocycles. The van der Waals surface area contributed by atoms with Crippen LogP contribution in [0, 0.1) is 0 Å². The van der Waals surface area contributed by atoms with Crippen molar-refractivity contribution < 1.29 is 19.8 Å². The number of anilines is 2. The van der Waals surface area contributed by atoms with Crippen LogP contribution in [-0.4, -0.2) is 53.7 Å². The maximum absolute atomic E-state index is 9.55. The molecule has 2 aromatic carbocycles. The zero-order valence-corrected chi connectivity index (χ0v) is 16.9. The van der Waals surface area contributed by atoms with Gasteiger partial charge >= 0.3 is 11.9 Å². The molecule has 1 atom stereocenters. The summed E-state index contributed by atoms with van der Waals surface area (Å²) < 4.78 is 0. The number of likely N-dealkylation sites (N-methyl/N-ethyl adjacent to an activating group) is 1. The number of para-hydroxylation sites is 2. The number of carboxylic acids is 2. The molecule has 1 aliphatic rings. The van der Waals surface area contributed by atoms with Crippen LogP contribution < -0.4 is 4.90 Å². The van der Waals surface area contributed by atoms with Crippen molar-refractivity contribution in [2.75, 3.05) is 25.5 Å². The van der Waals surface area contributed by atoms with E-state index in [2.05, 4.69) is 79.3 Å². The van der Waals surface area contributed by atoms with Crippen molar-refractivity contribution in [3.63, 3.8) is 0 Å². The van der Waals surface area contributed by atoms with Gasteiger partial charge in [0.05, 0.1) is 11.4 Å². The fraction of sp³-hybridized carbons (Fsp3) is 0.238. The van der Waals surface area contributed by atoms with Gasteiger partial charge in [-0.15, -0.1) is 0 Å². The number of benzene rings is 2. The van der Waals surface area contributed by atoms with E-state index in [1.54, 1.807) is 0 Å². The van der Waals surface area contributed by atoms with Crippen molar-refractivity contribution >= 4 is 35.1 Å². The van der Waals surface area contributed by atoms with Gasteiger partial charge in [-0.25, -0.2) is 9.59 Å². The number of aliphatic carboxylic acids is 2. The summed E-state index contributed by atoms with van der Waals surface area (Å²) in [6.07, 6.45) is 1.12. The first-order valence-corrected chi connectivity index (χ1v) is 9.55. The quantitative estimate of drug-likeness (QED) is 0.736. The molecular formula is C21H24N2O4S. The number of hydrogen-bond acceptors (Lipinski definition) is 5. The molecule has 2 N–H and O–H groups in total. The van der Waals surface area contributed by atoms with Crippen LogP contribution in [-0.2, 0) is 9.59 Å².